The fourth-order valence-corrected chi connectivity index (χ4v) is 1.39. The van der Waals surface area contributed by atoms with Gasteiger partial charge in [-0.1, -0.05) is 5.16 Å². The van der Waals surface area contributed by atoms with E-state index < -0.39 is 6.10 Å². The van der Waals surface area contributed by atoms with Crippen LogP contribution in [-0.2, 0) is 4.74 Å². The van der Waals surface area contributed by atoms with Gasteiger partial charge in [0.15, 0.2) is 5.82 Å². The summed E-state index contributed by atoms with van der Waals surface area (Å²) in [6.45, 7) is 1.44. The third-order valence-corrected chi connectivity index (χ3v) is 2.26. The van der Waals surface area contributed by atoms with Crippen molar-refractivity contribution in [1.29, 1.82) is 0 Å². The summed E-state index contributed by atoms with van der Waals surface area (Å²) >= 11 is 0. The Labute approximate surface area is 81.0 Å². The van der Waals surface area contributed by atoms with Gasteiger partial charge >= 0.3 is 0 Å². The molecule has 1 saturated heterocycles. The average Bonchev–Trinajstić information content (AvgIpc) is 2.86. The second kappa shape index (κ2) is 4.04. The predicted octanol–water partition coefficient (Wildman–Crippen LogP) is -0.434. The minimum Gasteiger partial charge on any atom is -0.382 e. The SMILES string of the molecule is NCC(O)c1nc(C2CCOC2)no1. The zero-order valence-corrected chi connectivity index (χ0v) is 7.72. The van der Waals surface area contributed by atoms with Crippen molar-refractivity contribution in [1.82, 2.24) is 10.1 Å². The summed E-state index contributed by atoms with van der Waals surface area (Å²) in [5, 5.41) is 13.1. The van der Waals surface area contributed by atoms with Crippen LogP contribution in [0, 0.1) is 0 Å². The zero-order chi connectivity index (χ0) is 9.97. The molecule has 2 rings (SSSR count). The lowest BCUT2D eigenvalue weighted by molar-refractivity contribution is 0.141. The van der Waals surface area contributed by atoms with Gasteiger partial charge in [0, 0.05) is 19.1 Å². The van der Waals surface area contributed by atoms with Crippen LogP contribution in [0.5, 0.6) is 0 Å². The highest BCUT2D eigenvalue weighted by Crippen LogP contribution is 2.23. The molecule has 1 fully saturated rings. The highest BCUT2D eigenvalue weighted by Gasteiger charge is 2.24. The van der Waals surface area contributed by atoms with Gasteiger partial charge in [0.1, 0.15) is 6.10 Å². The van der Waals surface area contributed by atoms with E-state index in [1.54, 1.807) is 0 Å². The summed E-state index contributed by atoms with van der Waals surface area (Å²) in [6.07, 6.45) is 0.0381. The standard InChI is InChI=1S/C8H13N3O3/c9-3-6(12)8-10-7(11-14-8)5-1-2-13-4-5/h5-6,12H,1-4,9H2. The Morgan fingerprint density at radius 3 is 3.14 bits per heavy atom. The minimum atomic E-state index is -0.862. The Bertz CT molecular complexity index is 296. The van der Waals surface area contributed by atoms with Crippen LogP contribution >= 0.6 is 0 Å². The van der Waals surface area contributed by atoms with Crippen LogP contribution in [-0.4, -0.2) is 35.0 Å². The topological polar surface area (TPSA) is 94.4 Å². The number of nitrogens with zero attached hydrogens (tertiary/aromatic N) is 2. The lowest BCUT2D eigenvalue weighted by Crippen LogP contribution is -2.12. The third kappa shape index (κ3) is 1.77. The molecule has 2 unspecified atom stereocenters. The molecule has 0 saturated carbocycles. The van der Waals surface area contributed by atoms with Gasteiger partial charge in [-0.15, -0.1) is 0 Å². The number of hydrogen-bond acceptors (Lipinski definition) is 6. The fourth-order valence-electron chi connectivity index (χ4n) is 1.39. The van der Waals surface area contributed by atoms with Gasteiger partial charge in [-0.2, -0.15) is 4.98 Å². The van der Waals surface area contributed by atoms with Crippen LogP contribution in [0.15, 0.2) is 4.52 Å². The molecule has 14 heavy (non-hydrogen) atoms. The second-order valence-corrected chi connectivity index (χ2v) is 3.30. The first-order valence-corrected chi connectivity index (χ1v) is 4.60. The van der Waals surface area contributed by atoms with Crippen molar-refractivity contribution in [2.45, 2.75) is 18.4 Å². The lowest BCUT2D eigenvalue weighted by atomic mass is 10.1. The molecule has 1 aromatic heterocycles. The molecule has 1 aliphatic heterocycles. The van der Waals surface area contributed by atoms with Gasteiger partial charge in [-0.3, -0.25) is 0 Å². The molecule has 78 valence electrons. The monoisotopic (exact) mass is 199 g/mol. The molecule has 0 aliphatic carbocycles. The first-order valence-electron chi connectivity index (χ1n) is 4.60. The van der Waals surface area contributed by atoms with Crippen molar-refractivity contribution in [2.24, 2.45) is 5.73 Å². The number of ether oxygens (including phenoxy) is 1. The Morgan fingerprint density at radius 1 is 1.64 bits per heavy atom. The molecule has 6 heteroatoms. The molecular weight excluding hydrogens is 186 g/mol. The van der Waals surface area contributed by atoms with E-state index in [1.165, 1.54) is 0 Å². The van der Waals surface area contributed by atoms with Gasteiger partial charge in [0.25, 0.3) is 5.89 Å². The first-order chi connectivity index (χ1) is 6.81. The van der Waals surface area contributed by atoms with Gasteiger partial charge in [0.05, 0.1) is 6.61 Å². The predicted molar refractivity (Wildman–Crippen MR) is 46.5 cm³/mol. The highest BCUT2D eigenvalue weighted by molar-refractivity contribution is 4.98. The van der Waals surface area contributed by atoms with E-state index in [9.17, 15) is 5.11 Å². The third-order valence-electron chi connectivity index (χ3n) is 2.26. The maximum Gasteiger partial charge on any atom is 0.256 e. The van der Waals surface area contributed by atoms with Crippen molar-refractivity contribution in [2.75, 3.05) is 19.8 Å². The highest BCUT2D eigenvalue weighted by atomic mass is 16.5. The Morgan fingerprint density at radius 2 is 2.50 bits per heavy atom. The van der Waals surface area contributed by atoms with Gasteiger partial charge < -0.3 is 20.1 Å². The first kappa shape index (κ1) is 9.57. The molecule has 6 nitrogen and oxygen atoms in total. The summed E-state index contributed by atoms with van der Waals surface area (Å²) < 4.78 is 10.1. The van der Waals surface area contributed by atoms with E-state index in [1.807, 2.05) is 0 Å². The van der Waals surface area contributed by atoms with Crippen LogP contribution < -0.4 is 5.73 Å². The fraction of sp³-hybridized carbons (Fsp3) is 0.750. The molecule has 0 spiro atoms. The van der Waals surface area contributed by atoms with E-state index in [-0.39, 0.29) is 18.4 Å². The number of hydrogen-bond donors (Lipinski definition) is 2. The van der Waals surface area contributed by atoms with Crippen LogP contribution in [0.2, 0.25) is 0 Å². The molecule has 1 aliphatic rings. The average molecular weight is 199 g/mol. The van der Waals surface area contributed by atoms with Crippen molar-refractivity contribution < 1.29 is 14.4 Å². The quantitative estimate of drug-likeness (QED) is 0.685. The van der Waals surface area contributed by atoms with E-state index in [4.69, 9.17) is 15.0 Å². The minimum absolute atomic E-state index is 0.0861. The maximum atomic E-state index is 9.33. The number of aliphatic hydroxyl groups is 1. The van der Waals surface area contributed by atoms with Crippen LogP contribution in [0.1, 0.15) is 30.2 Å². The Kier molecular flexibility index (Phi) is 2.76. The van der Waals surface area contributed by atoms with Crippen molar-refractivity contribution >= 4 is 0 Å². The smallest absolute Gasteiger partial charge is 0.256 e. The Balaban J connectivity index is 2.08. The number of nitrogens with two attached hydrogens (primary N) is 1. The largest absolute Gasteiger partial charge is 0.382 e. The maximum absolute atomic E-state index is 9.33. The van der Waals surface area contributed by atoms with Crippen LogP contribution in [0.25, 0.3) is 0 Å². The molecule has 2 atom stereocenters. The van der Waals surface area contributed by atoms with E-state index in [0.29, 0.717) is 12.4 Å². The molecular formula is C8H13N3O3. The number of aromatic nitrogens is 2. The van der Waals surface area contributed by atoms with E-state index >= 15 is 0 Å². The van der Waals surface area contributed by atoms with Gasteiger partial charge in [-0.05, 0) is 6.42 Å². The van der Waals surface area contributed by atoms with Crippen LogP contribution in [0.3, 0.4) is 0 Å². The normalized spacial score (nSPS) is 24.0. The van der Waals surface area contributed by atoms with Crippen molar-refractivity contribution in [3.63, 3.8) is 0 Å². The lowest BCUT2D eigenvalue weighted by Gasteiger charge is -1.99. The number of aliphatic hydroxyl groups excluding tert-OH is 1. The summed E-state index contributed by atoms with van der Waals surface area (Å²) in [4.78, 5) is 4.08. The van der Waals surface area contributed by atoms with E-state index in [2.05, 4.69) is 10.1 Å². The summed E-state index contributed by atoms with van der Waals surface area (Å²) in [6, 6.07) is 0. The molecule has 1 aromatic rings. The van der Waals surface area contributed by atoms with E-state index in [0.717, 1.165) is 13.0 Å². The van der Waals surface area contributed by atoms with Gasteiger partial charge in [0.2, 0.25) is 0 Å². The molecule has 0 aromatic carbocycles. The molecule has 0 bridgehead atoms. The van der Waals surface area contributed by atoms with Crippen molar-refractivity contribution in [3.8, 4) is 0 Å². The molecule has 0 amide bonds. The summed E-state index contributed by atoms with van der Waals surface area (Å²) in [5.41, 5.74) is 5.26. The molecule has 3 N–H and O–H groups in total. The second-order valence-electron chi connectivity index (χ2n) is 3.30. The summed E-state index contributed by atoms with van der Waals surface area (Å²) in [5.74, 6) is 0.983. The Hall–Kier alpha value is -0.980. The molecule has 2 heterocycles. The van der Waals surface area contributed by atoms with Gasteiger partial charge in [-0.25, -0.2) is 0 Å². The van der Waals surface area contributed by atoms with Crippen molar-refractivity contribution in [3.05, 3.63) is 11.7 Å². The summed E-state index contributed by atoms with van der Waals surface area (Å²) in [7, 11) is 0. The zero-order valence-electron chi connectivity index (χ0n) is 7.72. The van der Waals surface area contributed by atoms with Crippen LogP contribution in [0.4, 0.5) is 0 Å². The molecule has 0 radical (unpaired) electrons. The number of rotatable bonds is 3.